The van der Waals surface area contributed by atoms with Crippen LogP contribution in [0.2, 0.25) is 0 Å². The summed E-state index contributed by atoms with van der Waals surface area (Å²) < 4.78 is 14.4. The summed E-state index contributed by atoms with van der Waals surface area (Å²) in [4.78, 5) is 28.5. The van der Waals surface area contributed by atoms with Gasteiger partial charge in [0, 0.05) is 30.5 Å². The van der Waals surface area contributed by atoms with E-state index in [0.717, 1.165) is 5.56 Å². The molecule has 0 saturated heterocycles. The number of nitrogens with one attached hydrogen (secondary N) is 1. The van der Waals surface area contributed by atoms with E-state index in [4.69, 9.17) is 0 Å². The molecule has 1 aromatic carbocycles. The highest BCUT2D eigenvalue weighted by Gasteiger charge is 2.27. The number of nitrogens with zero attached hydrogens (tertiary/aromatic N) is 2. The Hall–Kier alpha value is -2.15. The maximum Gasteiger partial charge on any atom is 0.254 e. The van der Waals surface area contributed by atoms with E-state index >= 15 is 0 Å². The van der Waals surface area contributed by atoms with Crippen molar-refractivity contribution in [3.8, 4) is 0 Å². The van der Waals surface area contributed by atoms with Crippen molar-refractivity contribution in [2.75, 3.05) is 5.75 Å². The lowest BCUT2D eigenvalue weighted by Crippen LogP contribution is -2.30. The van der Waals surface area contributed by atoms with Gasteiger partial charge in [0.2, 0.25) is 5.91 Å². The Morgan fingerprint density at radius 3 is 2.91 bits per heavy atom. The van der Waals surface area contributed by atoms with E-state index in [2.05, 4.69) is 10.3 Å². The SMILES string of the molecule is Cc1cc(=O)n2c(n1)SC[C@@H]2CC(=O)NCc1ccc(F)cc1. The van der Waals surface area contributed by atoms with Crippen LogP contribution in [0.4, 0.5) is 4.39 Å². The second kappa shape index (κ2) is 6.54. The molecule has 1 amide bonds. The third kappa shape index (κ3) is 3.61. The van der Waals surface area contributed by atoms with E-state index < -0.39 is 0 Å². The zero-order valence-electron chi connectivity index (χ0n) is 12.6. The molecule has 1 aliphatic rings. The molecule has 0 aliphatic carbocycles. The Bertz CT molecular complexity index is 789. The molecule has 3 rings (SSSR count). The number of hydrogen-bond donors (Lipinski definition) is 1. The molecule has 5 nitrogen and oxygen atoms in total. The summed E-state index contributed by atoms with van der Waals surface area (Å²) >= 11 is 1.49. The average molecular weight is 333 g/mol. The van der Waals surface area contributed by atoms with Gasteiger partial charge in [0.15, 0.2) is 5.16 Å². The molecular weight excluding hydrogens is 317 g/mol. The Labute approximate surface area is 136 Å². The van der Waals surface area contributed by atoms with E-state index in [-0.39, 0.29) is 29.7 Å². The van der Waals surface area contributed by atoms with Crippen molar-refractivity contribution in [2.45, 2.75) is 31.1 Å². The maximum absolute atomic E-state index is 12.8. The van der Waals surface area contributed by atoms with Gasteiger partial charge in [-0.3, -0.25) is 14.2 Å². The fourth-order valence-electron chi connectivity index (χ4n) is 2.50. The molecule has 2 heterocycles. The van der Waals surface area contributed by atoms with Gasteiger partial charge in [-0.05, 0) is 24.6 Å². The largest absolute Gasteiger partial charge is 0.352 e. The third-order valence-corrected chi connectivity index (χ3v) is 4.74. The van der Waals surface area contributed by atoms with Gasteiger partial charge in [0.1, 0.15) is 5.82 Å². The third-order valence-electron chi connectivity index (χ3n) is 3.64. The molecule has 0 spiro atoms. The van der Waals surface area contributed by atoms with Crippen molar-refractivity contribution in [3.05, 3.63) is 57.8 Å². The number of halogens is 1. The van der Waals surface area contributed by atoms with Gasteiger partial charge in [0.05, 0.1) is 6.04 Å². The van der Waals surface area contributed by atoms with Gasteiger partial charge in [-0.2, -0.15) is 0 Å². The zero-order valence-corrected chi connectivity index (χ0v) is 13.4. The Kier molecular flexibility index (Phi) is 4.47. The predicted octanol–water partition coefficient (Wildman–Crippen LogP) is 2.04. The molecule has 23 heavy (non-hydrogen) atoms. The van der Waals surface area contributed by atoms with Crippen LogP contribution in [0.15, 0.2) is 40.3 Å². The molecule has 7 heteroatoms. The first kappa shape index (κ1) is 15.7. The highest BCUT2D eigenvalue weighted by molar-refractivity contribution is 7.99. The molecule has 1 aliphatic heterocycles. The smallest absolute Gasteiger partial charge is 0.254 e. The maximum atomic E-state index is 12.8. The molecule has 0 radical (unpaired) electrons. The van der Waals surface area contributed by atoms with E-state index in [1.54, 1.807) is 23.6 Å². The van der Waals surface area contributed by atoms with Crippen LogP contribution in [0, 0.1) is 12.7 Å². The zero-order chi connectivity index (χ0) is 16.4. The molecule has 0 saturated carbocycles. The number of aromatic nitrogens is 2. The minimum absolute atomic E-state index is 0.117. The minimum Gasteiger partial charge on any atom is -0.352 e. The van der Waals surface area contributed by atoms with Gasteiger partial charge >= 0.3 is 0 Å². The molecule has 1 aromatic heterocycles. The molecule has 1 N–H and O–H groups in total. The minimum atomic E-state index is -0.304. The summed E-state index contributed by atoms with van der Waals surface area (Å²) in [6, 6.07) is 7.29. The van der Waals surface area contributed by atoms with Gasteiger partial charge in [-0.1, -0.05) is 23.9 Å². The molecule has 120 valence electrons. The second-order valence-corrected chi connectivity index (χ2v) is 6.45. The van der Waals surface area contributed by atoms with Crippen LogP contribution in [0.3, 0.4) is 0 Å². The normalized spacial score (nSPS) is 16.2. The lowest BCUT2D eigenvalue weighted by atomic mass is 10.2. The van der Waals surface area contributed by atoms with Crippen LogP contribution in [-0.4, -0.2) is 21.2 Å². The molecule has 0 unspecified atom stereocenters. The highest BCUT2D eigenvalue weighted by Crippen LogP contribution is 2.31. The number of benzene rings is 1. The van der Waals surface area contributed by atoms with Crippen LogP contribution >= 0.6 is 11.8 Å². The van der Waals surface area contributed by atoms with Crippen LogP contribution < -0.4 is 10.9 Å². The number of fused-ring (bicyclic) bond motifs is 1. The lowest BCUT2D eigenvalue weighted by molar-refractivity contribution is -0.121. The molecule has 0 fully saturated rings. The number of carbonyl (C=O) groups excluding carboxylic acids is 1. The Morgan fingerprint density at radius 2 is 2.17 bits per heavy atom. The van der Waals surface area contributed by atoms with Crippen LogP contribution in [0.5, 0.6) is 0 Å². The van der Waals surface area contributed by atoms with Crippen molar-refractivity contribution in [2.24, 2.45) is 0 Å². The number of carbonyl (C=O) groups is 1. The van der Waals surface area contributed by atoms with Gasteiger partial charge in [0.25, 0.3) is 5.56 Å². The fraction of sp³-hybridized carbons (Fsp3) is 0.312. The second-order valence-electron chi connectivity index (χ2n) is 5.46. The summed E-state index contributed by atoms with van der Waals surface area (Å²) in [5.41, 5.74) is 1.40. The van der Waals surface area contributed by atoms with Crippen LogP contribution in [0.1, 0.15) is 23.7 Å². The standard InChI is InChI=1S/C16H16FN3O2S/c1-10-6-15(22)20-13(9-23-16(20)19-10)7-14(21)18-8-11-2-4-12(17)5-3-11/h2-6,13H,7-9H2,1H3,(H,18,21)/t13-/m0/s1. The topological polar surface area (TPSA) is 64.0 Å². The van der Waals surface area contributed by atoms with E-state index in [1.807, 2.05) is 0 Å². The monoisotopic (exact) mass is 333 g/mol. The van der Waals surface area contributed by atoms with E-state index in [0.29, 0.717) is 23.1 Å². The average Bonchev–Trinajstić information content (AvgIpc) is 2.89. The Balaban J connectivity index is 1.62. The van der Waals surface area contributed by atoms with Crippen molar-refractivity contribution in [1.82, 2.24) is 14.9 Å². The summed E-state index contributed by atoms with van der Waals surface area (Å²) in [5, 5.41) is 3.47. The van der Waals surface area contributed by atoms with Crippen molar-refractivity contribution >= 4 is 17.7 Å². The number of rotatable bonds is 4. The molecule has 0 bridgehead atoms. The van der Waals surface area contributed by atoms with E-state index in [1.165, 1.54) is 30.0 Å². The Morgan fingerprint density at radius 1 is 1.43 bits per heavy atom. The van der Waals surface area contributed by atoms with Crippen molar-refractivity contribution in [3.63, 3.8) is 0 Å². The molecular formula is C16H16FN3O2S. The first-order valence-electron chi connectivity index (χ1n) is 7.27. The van der Waals surface area contributed by atoms with Crippen LogP contribution in [0.25, 0.3) is 0 Å². The van der Waals surface area contributed by atoms with Crippen molar-refractivity contribution < 1.29 is 9.18 Å². The highest BCUT2D eigenvalue weighted by atomic mass is 32.2. The summed E-state index contributed by atoms with van der Waals surface area (Å²) in [6.45, 7) is 2.12. The van der Waals surface area contributed by atoms with Gasteiger partial charge in [-0.15, -0.1) is 0 Å². The first-order valence-corrected chi connectivity index (χ1v) is 8.25. The fourth-order valence-corrected chi connectivity index (χ4v) is 3.70. The quantitative estimate of drug-likeness (QED) is 0.870. The molecule has 2 aromatic rings. The number of thioether (sulfide) groups is 1. The summed E-state index contributed by atoms with van der Waals surface area (Å²) in [7, 11) is 0. The number of amides is 1. The van der Waals surface area contributed by atoms with E-state index in [9.17, 15) is 14.0 Å². The van der Waals surface area contributed by atoms with Gasteiger partial charge < -0.3 is 5.32 Å². The first-order chi connectivity index (χ1) is 11.0. The lowest BCUT2D eigenvalue weighted by Gasteiger charge is -2.13. The molecule has 1 atom stereocenters. The van der Waals surface area contributed by atoms with Gasteiger partial charge in [-0.25, -0.2) is 9.37 Å². The predicted molar refractivity (Wildman–Crippen MR) is 85.9 cm³/mol. The van der Waals surface area contributed by atoms with Crippen molar-refractivity contribution in [1.29, 1.82) is 0 Å². The summed E-state index contributed by atoms with van der Waals surface area (Å²) in [5.74, 6) is 0.220. The van der Waals surface area contributed by atoms with Crippen LogP contribution in [-0.2, 0) is 11.3 Å². The number of hydrogen-bond acceptors (Lipinski definition) is 4. The summed E-state index contributed by atoms with van der Waals surface area (Å²) in [6.07, 6.45) is 0.228. The number of aryl methyl sites for hydroxylation is 1.